The van der Waals surface area contributed by atoms with E-state index in [1.165, 1.54) is 6.33 Å². The van der Waals surface area contributed by atoms with Gasteiger partial charge in [-0.05, 0) is 25.1 Å². The van der Waals surface area contributed by atoms with E-state index in [1.807, 2.05) is 18.2 Å². The van der Waals surface area contributed by atoms with Crippen LogP contribution in [0.25, 0.3) is 10.9 Å². The van der Waals surface area contributed by atoms with Crippen LogP contribution in [0.2, 0.25) is 0 Å². The van der Waals surface area contributed by atoms with Gasteiger partial charge in [0.05, 0.1) is 10.9 Å². The number of aromatic nitrogens is 3. The van der Waals surface area contributed by atoms with Gasteiger partial charge in [0, 0.05) is 10.5 Å². The minimum atomic E-state index is -0.352. The first-order valence-electron chi connectivity index (χ1n) is 6.38. The average molecular weight is 363 g/mol. The number of nitrogens with one attached hydrogen (secondary N) is 1. The number of carbonyl (C=O) groups is 1. The summed E-state index contributed by atoms with van der Waals surface area (Å²) in [6, 6.07) is 7.17. The molecule has 0 aliphatic rings. The first kappa shape index (κ1) is 14.5. The van der Waals surface area contributed by atoms with Crippen molar-refractivity contribution in [2.75, 3.05) is 11.9 Å². The topological polar surface area (TPSA) is 90.1 Å². The van der Waals surface area contributed by atoms with Gasteiger partial charge >= 0.3 is 0 Å². The lowest BCUT2D eigenvalue weighted by Gasteiger charge is -2.07. The fraction of sp³-hybridized carbons (Fsp3) is 0.143. The van der Waals surface area contributed by atoms with E-state index in [9.17, 15) is 4.79 Å². The lowest BCUT2D eigenvalue weighted by atomic mass is 10.2. The summed E-state index contributed by atoms with van der Waals surface area (Å²) < 4.78 is 11.2. The third-order valence-corrected chi connectivity index (χ3v) is 3.29. The van der Waals surface area contributed by atoms with Crippen molar-refractivity contribution in [2.24, 2.45) is 0 Å². The van der Waals surface area contributed by atoms with Gasteiger partial charge in [-0.25, -0.2) is 9.97 Å². The molecule has 7 nitrogen and oxygen atoms in total. The third kappa shape index (κ3) is 3.22. The molecule has 0 saturated carbocycles. The van der Waals surface area contributed by atoms with Crippen molar-refractivity contribution < 1.29 is 14.1 Å². The van der Waals surface area contributed by atoms with E-state index in [0.717, 1.165) is 15.4 Å². The Bertz CT molecular complexity index is 834. The maximum Gasteiger partial charge on any atom is 0.263 e. The van der Waals surface area contributed by atoms with Crippen LogP contribution >= 0.6 is 15.9 Å². The number of fused-ring (bicyclic) bond motifs is 1. The molecule has 2 aromatic heterocycles. The van der Waals surface area contributed by atoms with E-state index in [0.29, 0.717) is 17.5 Å². The first-order valence-corrected chi connectivity index (χ1v) is 7.17. The molecule has 0 unspecified atom stereocenters. The van der Waals surface area contributed by atoms with Gasteiger partial charge in [-0.15, -0.1) is 0 Å². The molecule has 0 atom stereocenters. The Kier molecular flexibility index (Phi) is 4.01. The fourth-order valence-electron chi connectivity index (χ4n) is 1.86. The molecule has 0 saturated heterocycles. The number of aryl methyl sites for hydroxylation is 1. The minimum absolute atomic E-state index is 0.190. The summed E-state index contributed by atoms with van der Waals surface area (Å²) in [7, 11) is 0. The maximum atomic E-state index is 11.8. The molecular weight excluding hydrogens is 352 g/mol. The van der Waals surface area contributed by atoms with E-state index in [4.69, 9.17) is 9.26 Å². The Morgan fingerprint density at radius 2 is 2.23 bits per heavy atom. The van der Waals surface area contributed by atoms with Crippen molar-refractivity contribution in [1.29, 1.82) is 0 Å². The molecule has 0 radical (unpaired) electrons. The fourth-order valence-corrected chi connectivity index (χ4v) is 2.22. The number of carbonyl (C=O) groups excluding carboxylic acids is 1. The van der Waals surface area contributed by atoms with Gasteiger partial charge in [0.2, 0.25) is 5.88 Å². The molecule has 1 N–H and O–H groups in total. The number of ether oxygens (including phenoxy) is 1. The van der Waals surface area contributed by atoms with Gasteiger partial charge in [-0.2, -0.15) is 0 Å². The summed E-state index contributed by atoms with van der Waals surface area (Å²) in [6.07, 6.45) is 1.39. The van der Waals surface area contributed by atoms with Crippen molar-refractivity contribution in [1.82, 2.24) is 15.1 Å². The van der Waals surface area contributed by atoms with Crippen molar-refractivity contribution in [3.05, 3.63) is 40.8 Å². The summed E-state index contributed by atoms with van der Waals surface area (Å²) in [5.74, 6) is 0.956. The number of halogens is 1. The first-order chi connectivity index (χ1) is 10.6. The quantitative estimate of drug-likeness (QED) is 0.767. The van der Waals surface area contributed by atoms with Crippen LogP contribution in [0.1, 0.15) is 5.76 Å². The molecule has 112 valence electrons. The number of hydrogen-bond donors (Lipinski definition) is 1. The lowest BCUT2D eigenvalue weighted by Crippen LogP contribution is -2.20. The summed E-state index contributed by atoms with van der Waals surface area (Å²) in [5, 5.41) is 6.97. The van der Waals surface area contributed by atoms with E-state index in [-0.39, 0.29) is 12.5 Å². The van der Waals surface area contributed by atoms with Crippen LogP contribution in [0.3, 0.4) is 0 Å². The smallest absolute Gasteiger partial charge is 0.263 e. The Hall–Kier alpha value is -2.48. The highest BCUT2D eigenvalue weighted by molar-refractivity contribution is 9.10. The van der Waals surface area contributed by atoms with Gasteiger partial charge in [0.15, 0.2) is 12.4 Å². The van der Waals surface area contributed by atoms with Crippen molar-refractivity contribution in [3.8, 4) is 5.88 Å². The zero-order valence-corrected chi connectivity index (χ0v) is 13.1. The second kappa shape index (κ2) is 6.10. The average Bonchev–Trinajstić information content (AvgIpc) is 2.90. The molecule has 8 heteroatoms. The molecule has 0 bridgehead atoms. The summed E-state index contributed by atoms with van der Waals surface area (Å²) in [4.78, 5) is 20.0. The molecule has 0 fully saturated rings. The van der Waals surface area contributed by atoms with Crippen LogP contribution in [-0.2, 0) is 4.79 Å². The van der Waals surface area contributed by atoms with Gasteiger partial charge < -0.3 is 14.6 Å². The molecule has 2 heterocycles. The van der Waals surface area contributed by atoms with Crippen LogP contribution in [0.15, 0.2) is 39.6 Å². The predicted molar refractivity (Wildman–Crippen MR) is 82.6 cm³/mol. The SMILES string of the molecule is Cc1cc(NC(=O)COc2ncnc3ccc(Br)cc23)no1. The molecule has 3 rings (SSSR count). The monoisotopic (exact) mass is 362 g/mol. The van der Waals surface area contributed by atoms with E-state index in [2.05, 4.69) is 36.4 Å². The number of hydrogen-bond acceptors (Lipinski definition) is 6. The zero-order chi connectivity index (χ0) is 15.5. The van der Waals surface area contributed by atoms with E-state index >= 15 is 0 Å². The van der Waals surface area contributed by atoms with Crippen LogP contribution in [0.5, 0.6) is 5.88 Å². The molecule has 0 aliphatic carbocycles. The number of benzene rings is 1. The normalized spacial score (nSPS) is 10.6. The summed E-state index contributed by atoms with van der Waals surface area (Å²) in [6.45, 7) is 1.55. The largest absolute Gasteiger partial charge is 0.467 e. The second-order valence-electron chi connectivity index (χ2n) is 4.50. The van der Waals surface area contributed by atoms with Crippen LogP contribution in [-0.4, -0.2) is 27.6 Å². The molecular formula is C14H11BrN4O3. The maximum absolute atomic E-state index is 11.8. The molecule has 3 aromatic rings. The number of nitrogens with zero attached hydrogens (tertiary/aromatic N) is 3. The molecule has 1 amide bonds. The third-order valence-electron chi connectivity index (χ3n) is 2.80. The van der Waals surface area contributed by atoms with Gasteiger partial charge in [-0.3, -0.25) is 4.79 Å². The van der Waals surface area contributed by atoms with Gasteiger partial charge in [0.25, 0.3) is 5.91 Å². The van der Waals surface area contributed by atoms with Gasteiger partial charge in [0.1, 0.15) is 12.1 Å². The van der Waals surface area contributed by atoms with Crippen molar-refractivity contribution in [3.63, 3.8) is 0 Å². The highest BCUT2D eigenvalue weighted by atomic mass is 79.9. The number of anilines is 1. The second-order valence-corrected chi connectivity index (χ2v) is 5.42. The Morgan fingerprint density at radius 1 is 1.36 bits per heavy atom. The molecule has 0 aliphatic heterocycles. The highest BCUT2D eigenvalue weighted by Crippen LogP contribution is 2.24. The van der Waals surface area contributed by atoms with E-state index in [1.54, 1.807) is 13.0 Å². The van der Waals surface area contributed by atoms with Crippen molar-refractivity contribution >= 4 is 38.6 Å². The Morgan fingerprint density at radius 3 is 3.00 bits per heavy atom. The molecule has 1 aromatic carbocycles. The molecule has 0 spiro atoms. The summed E-state index contributed by atoms with van der Waals surface area (Å²) >= 11 is 3.38. The molecule has 22 heavy (non-hydrogen) atoms. The minimum Gasteiger partial charge on any atom is -0.467 e. The van der Waals surface area contributed by atoms with Crippen LogP contribution < -0.4 is 10.1 Å². The summed E-state index contributed by atoms with van der Waals surface area (Å²) in [5.41, 5.74) is 0.737. The van der Waals surface area contributed by atoms with Crippen LogP contribution in [0.4, 0.5) is 5.82 Å². The van der Waals surface area contributed by atoms with Gasteiger partial charge in [-0.1, -0.05) is 21.1 Å². The Labute approximate surface area is 133 Å². The highest BCUT2D eigenvalue weighted by Gasteiger charge is 2.10. The Balaban J connectivity index is 1.71. The lowest BCUT2D eigenvalue weighted by molar-refractivity contribution is -0.118. The van der Waals surface area contributed by atoms with Crippen molar-refractivity contribution in [2.45, 2.75) is 6.92 Å². The standard InChI is InChI=1S/C14H11BrN4O3/c1-8-4-12(19-22-8)18-13(20)6-21-14-10-5-9(15)2-3-11(10)16-7-17-14/h2-5,7H,6H2,1H3,(H,18,19,20). The predicted octanol–water partition coefficient (Wildman–Crippen LogP) is 2.71. The van der Waals surface area contributed by atoms with Crippen LogP contribution in [0, 0.1) is 6.92 Å². The zero-order valence-electron chi connectivity index (χ0n) is 11.5. The number of rotatable bonds is 4. The number of amides is 1. The van der Waals surface area contributed by atoms with E-state index < -0.39 is 0 Å².